The average molecular weight is 422 g/mol. The second-order valence-electron chi connectivity index (χ2n) is 8.16. The van der Waals surface area contributed by atoms with Gasteiger partial charge in [0.05, 0.1) is 24.1 Å². The highest BCUT2D eigenvalue weighted by molar-refractivity contribution is 5.86. The lowest BCUT2D eigenvalue weighted by molar-refractivity contribution is 0.139. The summed E-state index contributed by atoms with van der Waals surface area (Å²) in [5.41, 5.74) is 3.12. The highest BCUT2D eigenvalue weighted by Crippen LogP contribution is 2.29. The van der Waals surface area contributed by atoms with Gasteiger partial charge in [0.15, 0.2) is 0 Å². The summed E-state index contributed by atoms with van der Waals surface area (Å²) in [5, 5.41) is 0.939. The van der Waals surface area contributed by atoms with Crippen molar-refractivity contribution in [2.24, 2.45) is 7.05 Å². The third kappa shape index (κ3) is 4.26. The average Bonchev–Trinajstić information content (AvgIpc) is 3.31. The van der Waals surface area contributed by atoms with Gasteiger partial charge in [0.2, 0.25) is 11.4 Å². The standard InChI is InChI=1S/C23H27N5O3/c1-26-18(3-2-4-22(26)29)14-27-8-10-28(11-9-27)17-5-6-21-20(13-17)23(25-16-24-21)31-19-7-12-30-15-19/h2-6,13,16,19H,7-12,14-15H2,1H3. The van der Waals surface area contributed by atoms with Crippen molar-refractivity contribution in [2.75, 3.05) is 44.3 Å². The zero-order chi connectivity index (χ0) is 21.2. The van der Waals surface area contributed by atoms with Gasteiger partial charge in [-0.2, -0.15) is 0 Å². The van der Waals surface area contributed by atoms with Gasteiger partial charge in [-0.1, -0.05) is 6.07 Å². The number of aromatic nitrogens is 3. The van der Waals surface area contributed by atoms with Crippen LogP contribution in [-0.4, -0.2) is 64.9 Å². The number of benzene rings is 1. The third-order valence-corrected chi connectivity index (χ3v) is 6.16. The molecule has 8 heteroatoms. The number of hydrogen-bond donors (Lipinski definition) is 0. The van der Waals surface area contributed by atoms with E-state index >= 15 is 0 Å². The molecule has 2 fully saturated rings. The van der Waals surface area contributed by atoms with Crippen LogP contribution in [0.5, 0.6) is 5.88 Å². The van der Waals surface area contributed by atoms with E-state index in [2.05, 4.69) is 31.9 Å². The summed E-state index contributed by atoms with van der Waals surface area (Å²) in [6, 6.07) is 11.8. The minimum absolute atomic E-state index is 0.0386. The highest BCUT2D eigenvalue weighted by atomic mass is 16.5. The van der Waals surface area contributed by atoms with E-state index < -0.39 is 0 Å². The summed E-state index contributed by atoms with van der Waals surface area (Å²) < 4.78 is 13.3. The topological polar surface area (TPSA) is 72.7 Å². The molecule has 8 nitrogen and oxygen atoms in total. The second-order valence-corrected chi connectivity index (χ2v) is 8.16. The van der Waals surface area contributed by atoms with Crippen LogP contribution in [0.25, 0.3) is 10.9 Å². The Kier molecular flexibility index (Phi) is 5.57. The fourth-order valence-electron chi connectivity index (χ4n) is 4.23. The van der Waals surface area contributed by atoms with E-state index in [4.69, 9.17) is 9.47 Å². The summed E-state index contributed by atoms with van der Waals surface area (Å²) in [7, 11) is 1.84. The number of fused-ring (bicyclic) bond motifs is 1. The Morgan fingerprint density at radius 3 is 2.81 bits per heavy atom. The first-order chi connectivity index (χ1) is 15.2. The lowest BCUT2D eigenvalue weighted by Crippen LogP contribution is -2.46. The summed E-state index contributed by atoms with van der Waals surface area (Å²) >= 11 is 0. The van der Waals surface area contributed by atoms with Crippen molar-refractivity contribution >= 4 is 16.6 Å². The normalized spacial score (nSPS) is 19.8. The molecule has 0 aliphatic carbocycles. The van der Waals surface area contributed by atoms with Gasteiger partial charge in [0.25, 0.3) is 0 Å². The van der Waals surface area contributed by atoms with Crippen LogP contribution in [0.15, 0.2) is 47.5 Å². The molecule has 2 aliphatic heterocycles. The predicted octanol–water partition coefficient (Wildman–Crippen LogP) is 1.82. The van der Waals surface area contributed by atoms with E-state index in [1.54, 1.807) is 17.0 Å². The molecule has 0 N–H and O–H groups in total. The van der Waals surface area contributed by atoms with Crippen molar-refractivity contribution in [3.05, 3.63) is 58.8 Å². The zero-order valence-electron chi connectivity index (χ0n) is 17.7. The van der Waals surface area contributed by atoms with Gasteiger partial charge >= 0.3 is 0 Å². The molecule has 162 valence electrons. The van der Waals surface area contributed by atoms with Crippen LogP contribution in [-0.2, 0) is 18.3 Å². The fraction of sp³-hybridized carbons (Fsp3) is 0.435. The van der Waals surface area contributed by atoms with Crippen LogP contribution in [0.3, 0.4) is 0 Å². The molecular formula is C23H27N5O3. The molecule has 0 saturated carbocycles. The molecular weight excluding hydrogens is 394 g/mol. The molecule has 0 amide bonds. The monoisotopic (exact) mass is 421 g/mol. The van der Waals surface area contributed by atoms with Crippen LogP contribution >= 0.6 is 0 Å². The zero-order valence-corrected chi connectivity index (χ0v) is 17.7. The number of anilines is 1. The Labute approximate surface area is 181 Å². The summed E-state index contributed by atoms with van der Waals surface area (Å²) in [6.07, 6.45) is 2.50. The molecule has 1 atom stereocenters. The smallest absolute Gasteiger partial charge is 0.250 e. The molecule has 3 aromatic rings. The van der Waals surface area contributed by atoms with Crippen molar-refractivity contribution in [1.29, 1.82) is 0 Å². The highest BCUT2D eigenvalue weighted by Gasteiger charge is 2.21. The molecule has 2 aromatic heterocycles. The number of nitrogens with zero attached hydrogens (tertiary/aromatic N) is 5. The van der Waals surface area contributed by atoms with E-state index in [0.29, 0.717) is 12.5 Å². The summed E-state index contributed by atoms with van der Waals surface area (Å²) in [6.45, 7) is 5.86. The molecule has 5 rings (SSSR count). The molecule has 0 spiro atoms. The van der Waals surface area contributed by atoms with E-state index in [1.807, 2.05) is 25.2 Å². The van der Waals surface area contributed by atoms with Crippen molar-refractivity contribution in [3.8, 4) is 5.88 Å². The third-order valence-electron chi connectivity index (χ3n) is 6.16. The minimum atomic E-state index is 0.0386. The van der Waals surface area contributed by atoms with Crippen molar-refractivity contribution in [1.82, 2.24) is 19.4 Å². The van der Waals surface area contributed by atoms with Gasteiger partial charge in [-0.15, -0.1) is 0 Å². The van der Waals surface area contributed by atoms with E-state index in [-0.39, 0.29) is 11.7 Å². The molecule has 2 saturated heterocycles. The summed E-state index contributed by atoms with van der Waals surface area (Å²) in [4.78, 5) is 25.4. The maximum absolute atomic E-state index is 11.9. The van der Waals surface area contributed by atoms with Gasteiger partial charge in [-0.25, -0.2) is 9.97 Å². The molecule has 1 unspecified atom stereocenters. The summed E-state index contributed by atoms with van der Waals surface area (Å²) in [5.74, 6) is 0.631. The van der Waals surface area contributed by atoms with Gasteiger partial charge in [0, 0.05) is 63.6 Å². The predicted molar refractivity (Wildman–Crippen MR) is 119 cm³/mol. The van der Waals surface area contributed by atoms with Crippen LogP contribution in [0.1, 0.15) is 12.1 Å². The molecule has 0 radical (unpaired) electrons. The lowest BCUT2D eigenvalue weighted by Gasteiger charge is -2.36. The van der Waals surface area contributed by atoms with Gasteiger partial charge in [-0.05, 0) is 24.3 Å². The minimum Gasteiger partial charge on any atom is -0.471 e. The number of hydrogen-bond acceptors (Lipinski definition) is 7. The first-order valence-corrected chi connectivity index (χ1v) is 10.8. The Bertz CT molecular complexity index is 1120. The van der Waals surface area contributed by atoms with E-state index in [1.165, 1.54) is 0 Å². The fourth-order valence-corrected chi connectivity index (χ4v) is 4.23. The first-order valence-electron chi connectivity index (χ1n) is 10.8. The van der Waals surface area contributed by atoms with Crippen molar-refractivity contribution < 1.29 is 9.47 Å². The molecule has 0 bridgehead atoms. The SMILES string of the molecule is Cn1c(CN2CCN(c3ccc4ncnc(OC5CCOC5)c4c3)CC2)cccc1=O. The molecule has 2 aliphatic rings. The number of rotatable bonds is 5. The Morgan fingerprint density at radius 1 is 1.13 bits per heavy atom. The van der Waals surface area contributed by atoms with Gasteiger partial charge in [-0.3, -0.25) is 9.69 Å². The number of ether oxygens (including phenoxy) is 2. The van der Waals surface area contributed by atoms with Crippen LogP contribution in [0, 0.1) is 0 Å². The van der Waals surface area contributed by atoms with Gasteiger partial charge in [0.1, 0.15) is 12.4 Å². The number of piperazine rings is 1. The Hall–Kier alpha value is -2.97. The van der Waals surface area contributed by atoms with Crippen LogP contribution < -0.4 is 15.2 Å². The maximum atomic E-state index is 11.9. The quantitative estimate of drug-likeness (QED) is 0.622. The van der Waals surface area contributed by atoms with Crippen molar-refractivity contribution in [3.63, 3.8) is 0 Å². The largest absolute Gasteiger partial charge is 0.471 e. The molecule has 31 heavy (non-hydrogen) atoms. The van der Waals surface area contributed by atoms with Crippen LogP contribution in [0.4, 0.5) is 5.69 Å². The second kappa shape index (κ2) is 8.64. The molecule has 1 aromatic carbocycles. The molecule has 4 heterocycles. The lowest BCUT2D eigenvalue weighted by atomic mass is 10.1. The van der Waals surface area contributed by atoms with E-state index in [9.17, 15) is 4.79 Å². The Morgan fingerprint density at radius 2 is 2.00 bits per heavy atom. The number of pyridine rings is 1. The Balaban J connectivity index is 1.29. The maximum Gasteiger partial charge on any atom is 0.250 e. The first kappa shape index (κ1) is 20.0. The van der Waals surface area contributed by atoms with Crippen molar-refractivity contribution in [2.45, 2.75) is 19.1 Å². The van der Waals surface area contributed by atoms with Gasteiger partial charge < -0.3 is 18.9 Å². The van der Waals surface area contributed by atoms with Crippen LogP contribution in [0.2, 0.25) is 0 Å². The van der Waals surface area contributed by atoms with E-state index in [0.717, 1.165) is 68.0 Å².